The minimum absolute atomic E-state index is 0.424. The normalized spacial score (nSPS) is 16.7. The molecule has 1 fully saturated rings. The fourth-order valence-corrected chi connectivity index (χ4v) is 1.32. The molecule has 1 saturated carbocycles. The van der Waals surface area contributed by atoms with Crippen molar-refractivity contribution < 1.29 is 4.74 Å². The van der Waals surface area contributed by atoms with E-state index in [2.05, 4.69) is 4.98 Å². The highest BCUT2D eigenvalue weighted by Gasteiger charge is 2.18. The van der Waals surface area contributed by atoms with E-state index in [9.17, 15) is 0 Å². The molecule has 13 heavy (non-hydrogen) atoms. The van der Waals surface area contributed by atoms with Gasteiger partial charge < -0.3 is 10.5 Å². The van der Waals surface area contributed by atoms with E-state index in [-0.39, 0.29) is 0 Å². The lowest BCUT2D eigenvalue weighted by atomic mass is 9.96. The van der Waals surface area contributed by atoms with Gasteiger partial charge in [-0.2, -0.15) is 0 Å². The van der Waals surface area contributed by atoms with Crippen molar-refractivity contribution in [2.45, 2.75) is 31.9 Å². The average molecular weight is 178 g/mol. The monoisotopic (exact) mass is 178 g/mol. The summed E-state index contributed by atoms with van der Waals surface area (Å²) in [5.41, 5.74) is 6.36. The van der Waals surface area contributed by atoms with Gasteiger partial charge in [-0.25, -0.2) is 0 Å². The van der Waals surface area contributed by atoms with Crippen molar-refractivity contribution in [3.8, 4) is 5.75 Å². The minimum Gasteiger partial charge on any atom is -0.490 e. The molecule has 0 atom stereocenters. The largest absolute Gasteiger partial charge is 0.490 e. The van der Waals surface area contributed by atoms with Crippen LogP contribution >= 0.6 is 0 Å². The van der Waals surface area contributed by atoms with Crippen LogP contribution in [0.1, 0.15) is 25.0 Å². The lowest BCUT2D eigenvalue weighted by Gasteiger charge is -2.26. The lowest BCUT2D eigenvalue weighted by molar-refractivity contribution is 0.120. The fraction of sp³-hybridized carbons (Fsp3) is 0.500. The third-order valence-electron chi connectivity index (χ3n) is 2.35. The van der Waals surface area contributed by atoms with Gasteiger partial charge in [0.15, 0.2) is 0 Å². The van der Waals surface area contributed by atoms with Crippen LogP contribution in [0.15, 0.2) is 18.3 Å². The molecule has 0 bridgehead atoms. The molecule has 1 aromatic heterocycles. The molecule has 3 nitrogen and oxygen atoms in total. The van der Waals surface area contributed by atoms with E-state index in [1.165, 1.54) is 19.3 Å². The Bertz CT molecular complexity index is 284. The van der Waals surface area contributed by atoms with Crippen molar-refractivity contribution in [2.24, 2.45) is 5.73 Å². The molecule has 0 amide bonds. The van der Waals surface area contributed by atoms with Gasteiger partial charge in [0.1, 0.15) is 5.75 Å². The maximum absolute atomic E-state index is 5.70. The highest BCUT2D eigenvalue weighted by atomic mass is 16.5. The van der Waals surface area contributed by atoms with Crippen LogP contribution < -0.4 is 10.5 Å². The topological polar surface area (TPSA) is 48.1 Å². The van der Waals surface area contributed by atoms with E-state index in [0.29, 0.717) is 12.6 Å². The van der Waals surface area contributed by atoms with Crippen LogP contribution in [0.25, 0.3) is 0 Å². The summed E-state index contributed by atoms with van der Waals surface area (Å²) in [6.45, 7) is 0.474. The van der Waals surface area contributed by atoms with E-state index in [1.807, 2.05) is 12.1 Å². The fourth-order valence-electron chi connectivity index (χ4n) is 1.32. The first-order valence-corrected chi connectivity index (χ1v) is 4.70. The van der Waals surface area contributed by atoms with Gasteiger partial charge in [0.25, 0.3) is 0 Å². The van der Waals surface area contributed by atoms with Crippen LogP contribution in [0.4, 0.5) is 0 Å². The number of pyridine rings is 1. The molecule has 1 heterocycles. The highest BCUT2D eigenvalue weighted by molar-refractivity contribution is 5.22. The molecule has 1 aromatic rings. The summed E-state index contributed by atoms with van der Waals surface area (Å²) in [5, 5.41) is 0. The second-order valence-corrected chi connectivity index (χ2v) is 3.36. The summed E-state index contributed by atoms with van der Waals surface area (Å²) in [5.74, 6) is 0.903. The Labute approximate surface area is 77.9 Å². The first kappa shape index (κ1) is 8.51. The van der Waals surface area contributed by atoms with E-state index in [4.69, 9.17) is 10.5 Å². The molecule has 1 aliphatic carbocycles. The highest BCUT2D eigenvalue weighted by Crippen LogP contribution is 2.24. The Morgan fingerprint density at radius 1 is 1.54 bits per heavy atom. The number of hydrogen-bond acceptors (Lipinski definition) is 3. The van der Waals surface area contributed by atoms with Crippen molar-refractivity contribution in [3.05, 3.63) is 24.0 Å². The Hall–Kier alpha value is -1.09. The van der Waals surface area contributed by atoms with Crippen LogP contribution in [-0.4, -0.2) is 11.1 Å². The summed E-state index contributed by atoms with van der Waals surface area (Å²) in [7, 11) is 0. The molecule has 0 saturated heterocycles. The van der Waals surface area contributed by atoms with Gasteiger partial charge >= 0.3 is 0 Å². The molecule has 70 valence electrons. The Morgan fingerprint density at radius 3 is 3.00 bits per heavy atom. The molecule has 0 aliphatic heterocycles. The lowest BCUT2D eigenvalue weighted by Crippen LogP contribution is -2.24. The van der Waals surface area contributed by atoms with Crippen molar-refractivity contribution in [2.75, 3.05) is 0 Å². The Balaban J connectivity index is 2.01. The Kier molecular flexibility index (Phi) is 2.45. The van der Waals surface area contributed by atoms with E-state index >= 15 is 0 Å². The zero-order valence-corrected chi connectivity index (χ0v) is 7.57. The van der Waals surface area contributed by atoms with Crippen LogP contribution in [0.3, 0.4) is 0 Å². The molecule has 0 radical (unpaired) electrons. The van der Waals surface area contributed by atoms with Gasteiger partial charge in [0.2, 0.25) is 0 Å². The zero-order chi connectivity index (χ0) is 9.10. The molecular formula is C10H14N2O. The third kappa shape index (κ3) is 1.98. The summed E-state index contributed by atoms with van der Waals surface area (Å²) >= 11 is 0. The number of aromatic nitrogens is 1. The van der Waals surface area contributed by atoms with Crippen LogP contribution in [0, 0.1) is 0 Å². The summed E-state index contributed by atoms with van der Waals surface area (Å²) in [6, 6.07) is 3.80. The molecule has 2 rings (SSSR count). The van der Waals surface area contributed by atoms with Gasteiger partial charge in [0, 0.05) is 18.8 Å². The van der Waals surface area contributed by atoms with Gasteiger partial charge in [0.05, 0.1) is 11.8 Å². The molecular weight excluding hydrogens is 164 g/mol. The predicted octanol–water partition coefficient (Wildman–Crippen LogP) is 1.47. The summed E-state index contributed by atoms with van der Waals surface area (Å²) < 4.78 is 5.70. The van der Waals surface area contributed by atoms with Gasteiger partial charge in [-0.15, -0.1) is 0 Å². The third-order valence-corrected chi connectivity index (χ3v) is 2.35. The summed E-state index contributed by atoms with van der Waals surface area (Å²) in [6.07, 6.45) is 5.82. The van der Waals surface area contributed by atoms with Crippen molar-refractivity contribution in [1.29, 1.82) is 0 Å². The van der Waals surface area contributed by atoms with Crippen molar-refractivity contribution >= 4 is 0 Å². The average Bonchev–Trinajstić information content (AvgIpc) is 2.12. The van der Waals surface area contributed by atoms with E-state index in [1.54, 1.807) is 6.20 Å². The zero-order valence-electron chi connectivity index (χ0n) is 7.57. The van der Waals surface area contributed by atoms with Gasteiger partial charge in [-0.1, -0.05) is 0 Å². The molecule has 2 N–H and O–H groups in total. The second kappa shape index (κ2) is 3.75. The van der Waals surface area contributed by atoms with Gasteiger partial charge in [-0.3, -0.25) is 4.98 Å². The van der Waals surface area contributed by atoms with Crippen LogP contribution in [-0.2, 0) is 6.54 Å². The predicted molar refractivity (Wildman–Crippen MR) is 50.4 cm³/mol. The molecule has 0 spiro atoms. The first-order valence-electron chi connectivity index (χ1n) is 4.70. The van der Waals surface area contributed by atoms with Crippen LogP contribution in [0.2, 0.25) is 0 Å². The number of rotatable bonds is 3. The number of nitrogens with zero attached hydrogens (tertiary/aromatic N) is 1. The molecule has 0 aromatic carbocycles. The number of nitrogens with two attached hydrogens (primary N) is 1. The van der Waals surface area contributed by atoms with Gasteiger partial charge in [-0.05, 0) is 25.3 Å². The number of ether oxygens (including phenoxy) is 1. The van der Waals surface area contributed by atoms with E-state index in [0.717, 1.165) is 11.4 Å². The minimum atomic E-state index is 0.424. The quantitative estimate of drug-likeness (QED) is 0.762. The molecule has 0 unspecified atom stereocenters. The smallest absolute Gasteiger partial charge is 0.123 e. The SMILES string of the molecule is NCc1cc(OC2CCC2)ccn1. The van der Waals surface area contributed by atoms with Crippen molar-refractivity contribution in [1.82, 2.24) is 4.98 Å². The number of hydrogen-bond donors (Lipinski definition) is 1. The van der Waals surface area contributed by atoms with Crippen LogP contribution in [0.5, 0.6) is 5.75 Å². The standard InChI is InChI=1S/C10H14N2O/c11-7-8-6-10(4-5-12-8)13-9-2-1-3-9/h4-6,9H,1-3,7,11H2. The second-order valence-electron chi connectivity index (χ2n) is 3.36. The van der Waals surface area contributed by atoms with Crippen molar-refractivity contribution in [3.63, 3.8) is 0 Å². The Morgan fingerprint density at radius 2 is 2.38 bits per heavy atom. The molecule has 1 aliphatic rings. The summed E-state index contributed by atoms with van der Waals surface area (Å²) in [4.78, 5) is 4.10. The molecule has 3 heteroatoms. The first-order chi connectivity index (χ1) is 6.38. The van der Waals surface area contributed by atoms with E-state index < -0.39 is 0 Å². The maximum atomic E-state index is 5.70. The maximum Gasteiger partial charge on any atom is 0.123 e.